The molecular formula is C16H17N3O3. The number of aromatic nitrogens is 2. The first-order valence-electron chi connectivity index (χ1n) is 7.54. The second kappa shape index (κ2) is 4.56. The van der Waals surface area contributed by atoms with Gasteiger partial charge in [0.2, 0.25) is 0 Å². The molecule has 2 fully saturated rings. The molecule has 1 unspecified atom stereocenters. The van der Waals surface area contributed by atoms with Crippen LogP contribution in [0.2, 0.25) is 0 Å². The summed E-state index contributed by atoms with van der Waals surface area (Å²) >= 11 is 0. The first kappa shape index (κ1) is 13.3. The average molecular weight is 299 g/mol. The molecule has 2 aromatic heterocycles. The fourth-order valence-electron chi connectivity index (χ4n) is 3.63. The SMILES string of the molecule is O=C(O)C1CC12CCN(C(=O)c1ccc3nccn3c1)CC2. The van der Waals surface area contributed by atoms with Crippen LogP contribution >= 0.6 is 0 Å². The number of carboxylic acids is 1. The fraction of sp³-hybridized carbons (Fsp3) is 0.438. The first-order valence-corrected chi connectivity index (χ1v) is 7.54. The van der Waals surface area contributed by atoms with E-state index in [0.717, 1.165) is 24.9 Å². The van der Waals surface area contributed by atoms with E-state index in [-0.39, 0.29) is 17.2 Å². The summed E-state index contributed by atoms with van der Waals surface area (Å²) in [4.78, 5) is 29.7. The van der Waals surface area contributed by atoms with E-state index in [1.54, 1.807) is 18.5 Å². The lowest BCUT2D eigenvalue weighted by Crippen LogP contribution is -2.40. The lowest BCUT2D eigenvalue weighted by molar-refractivity contribution is -0.139. The summed E-state index contributed by atoms with van der Waals surface area (Å²) in [7, 11) is 0. The van der Waals surface area contributed by atoms with Gasteiger partial charge in [-0.1, -0.05) is 0 Å². The second-order valence-electron chi connectivity index (χ2n) is 6.36. The minimum atomic E-state index is -0.690. The number of carboxylic acid groups (broad SMARTS) is 1. The lowest BCUT2D eigenvalue weighted by atomic mass is 9.90. The van der Waals surface area contributed by atoms with Gasteiger partial charge in [0.05, 0.1) is 11.5 Å². The van der Waals surface area contributed by atoms with E-state index >= 15 is 0 Å². The van der Waals surface area contributed by atoms with Crippen molar-refractivity contribution < 1.29 is 14.7 Å². The minimum Gasteiger partial charge on any atom is -0.481 e. The van der Waals surface area contributed by atoms with Crippen molar-refractivity contribution >= 4 is 17.5 Å². The van der Waals surface area contributed by atoms with Crippen molar-refractivity contribution in [3.05, 3.63) is 36.3 Å². The fourth-order valence-corrected chi connectivity index (χ4v) is 3.63. The van der Waals surface area contributed by atoms with Crippen LogP contribution in [-0.4, -0.2) is 44.4 Å². The van der Waals surface area contributed by atoms with Crippen LogP contribution in [0.15, 0.2) is 30.7 Å². The molecule has 1 N–H and O–H groups in total. The third kappa shape index (κ3) is 1.98. The summed E-state index contributed by atoms with van der Waals surface area (Å²) in [6, 6.07) is 3.63. The maximum absolute atomic E-state index is 12.6. The summed E-state index contributed by atoms with van der Waals surface area (Å²) in [5.74, 6) is -0.879. The molecule has 2 aromatic rings. The number of carbonyl (C=O) groups excluding carboxylic acids is 1. The van der Waals surface area contributed by atoms with E-state index in [0.29, 0.717) is 18.7 Å². The molecule has 1 saturated heterocycles. The van der Waals surface area contributed by atoms with E-state index in [2.05, 4.69) is 4.98 Å². The number of piperidine rings is 1. The number of nitrogens with zero attached hydrogens (tertiary/aromatic N) is 3. The van der Waals surface area contributed by atoms with Crippen molar-refractivity contribution in [1.82, 2.24) is 14.3 Å². The van der Waals surface area contributed by atoms with Gasteiger partial charge in [0.25, 0.3) is 5.91 Å². The van der Waals surface area contributed by atoms with Gasteiger partial charge in [0.1, 0.15) is 5.65 Å². The molecule has 1 amide bonds. The molecule has 22 heavy (non-hydrogen) atoms. The number of imidazole rings is 1. The Bertz CT molecular complexity index is 759. The lowest BCUT2D eigenvalue weighted by Gasteiger charge is -2.32. The van der Waals surface area contributed by atoms with Crippen LogP contribution in [0.4, 0.5) is 0 Å². The average Bonchev–Trinajstić information content (AvgIpc) is 3.03. The van der Waals surface area contributed by atoms with E-state index in [9.17, 15) is 9.59 Å². The zero-order chi connectivity index (χ0) is 15.3. The minimum absolute atomic E-state index is 0.0120. The van der Waals surface area contributed by atoms with Gasteiger partial charge < -0.3 is 14.4 Å². The molecule has 1 saturated carbocycles. The highest BCUT2D eigenvalue weighted by atomic mass is 16.4. The van der Waals surface area contributed by atoms with Crippen LogP contribution in [0.3, 0.4) is 0 Å². The molecule has 1 spiro atoms. The summed E-state index contributed by atoms with van der Waals surface area (Å²) in [5.41, 5.74) is 1.42. The number of amides is 1. The van der Waals surface area contributed by atoms with E-state index in [4.69, 9.17) is 5.11 Å². The Balaban J connectivity index is 1.47. The number of pyridine rings is 1. The smallest absolute Gasteiger partial charge is 0.307 e. The third-order valence-electron chi connectivity index (χ3n) is 5.17. The van der Waals surface area contributed by atoms with E-state index in [1.165, 1.54) is 0 Å². The number of aliphatic carboxylic acids is 1. The number of carbonyl (C=O) groups is 2. The summed E-state index contributed by atoms with van der Waals surface area (Å²) in [6.45, 7) is 1.29. The van der Waals surface area contributed by atoms with Gasteiger partial charge >= 0.3 is 5.97 Å². The molecule has 114 valence electrons. The number of fused-ring (bicyclic) bond motifs is 1. The number of hydrogen-bond acceptors (Lipinski definition) is 3. The summed E-state index contributed by atoms with van der Waals surface area (Å²) in [6.07, 6.45) is 7.68. The van der Waals surface area contributed by atoms with Gasteiger partial charge in [-0.3, -0.25) is 9.59 Å². The maximum Gasteiger partial charge on any atom is 0.307 e. The standard InChI is InChI=1S/C16H17N3O3/c20-14(11-1-2-13-17-5-8-19(13)10-11)18-6-3-16(4-7-18)9-12(16)15(21)22/h1-2,5,8,10,12H,3-4,6-7,9H2,(H,21,22). The monoisotopic (exact) mass is 299 g/mol. The second-order valence-corrected chi connectivity index (χ2v) is 6.36. The van der Waals surface area contributed by atoms with Gasteiger partial charge in [-0.05, 0) is 36.8 Å². The van der Waals surface area contributed by atoms with Crippen molar-refractivity contribution in [2.24, 2.45) is 11.3 Å². The normalized spacial score (nSPS) is 22.9. The molecule has 0 radical (unpaired) electrons. The van der Waals surface area contributed by atoms with Crippen molar-refractivity contribution in [2.75, 3.05) is 13.1 Å². The first-order chi connectivity index (χ1) is 10.6. The van der Waals surface area contributed by atoms with Crippen LogP contribution in [0.5, 0.6) is 0 Å². The Kier molecular flexibility index (Phi) is 2.76. The van der Waals surface area contributed by atoms with Gasteiger partial charge in [-0.15, -0.1) is 0 Å². The van der Waals surface area contributed by atoms with Crippen LogP contribution < -0.4 is 0 Å². The van der Waals surface area contributed by atoms with Gasteiger partial charge in [-0.2, -0.15) is 0 Å². The molecule has 6 heteroatoms. The molecule has 1 aliphatic carbocycles. The number of likely N-dealkylation sites (tertiary alicyclic amines) is 1. The molecule has 1 aliphatic heterocycles. The molecule has 0 bridgehead atoms. The van der Waals surface area contributed by atoms with E-state index in [1.807, 2.05) is 21.6 Å². The molecule has 1 atom stereocenters. The number of rotatable bonds is 2. The van der Waals surface area contributed by atoms with Gasteiger partial charge in [0, 0.05) is 31.7 Å². The number of hydrogen-bond donors (Lipinski definition) is 1. The molecule has 6 nitrogen and oxygen atoms in total. The Hall–Kier alpha value is -2.37. The molecule has 4 rings (SSSR count). The zero-order valence-electron chi connectivity index (χ0n) is 12.1. The molecular weight excluding hydrogens is 282 g/mol. The highest BCUT2D eigenvalue weighted by Crippen LogP contribution is 2.59. The third-order valence-corrected chi connectivity index (χ3v) is 5.17. The van der Waals surface area contributed by atoms with Crippen LogP contribution in [0.25, 0.3) is 5.65 Å². The van der Waals surface area contributed by atoms with Crippen molar-refractivity contribution in [3.63, 3.8) is 0 Å². The topological polar surface area (TPSA) is 74.9 Å². The Morgan fingerprint density at radius 3 is 2.73 bits per heavy atom. The van der Waals surface area contributed by atoms with Crippen molar-refractivity contribution in [2.45, 2.75) is 19.3 Å². The van der Waals surface area contributed by atoms with Crippen molar-refractivity contribution in [1.29, 1.82) is 0 Å². The highest BCUT2D eigenvalue weighted by molar-refractivity contribution is 5.94. The largest absolute Gasteiger partial charge is 0.481 e. The van der Waals surface area contributed by atoms with Crippen LogP contribution in [0, 0.1) is 11.3 Å². The van der Waals surface area contributed by atoms with E-state index < -0.39 is 5.97 Å². The predicted molar refractivity (Wildman–Crippen MR) is 78.5 cm³/mol. The quantitative estimate of drug-likeness (QED) is 0.915. The van der Waals surface area contributed by atoms with Crippen molar-refractivity contribution in [3.8, 4) is 0 Å². The Morgan fingerprint density at radius 2 is 2.05 bits per heavy atom. The van der Waals surface area contributed by atoms with Gasteiger partial charge in [-0.25, -0.2) is 4.98 Å². The predicted octanol–water partition coefficient (Wildman–Crippen LogP) is 1.66. The maximum atomic E-state index is 12.6. The molecule has 0 aromatic carbocycles. The zero-order valence-corrected chi connectivity index (χ0v) is 12.1. The molecule has 3 heterocycles. The molecule has 2 aliphatic rings. The Morgan fingerprint density at radius 1 is 1.27 bits per heavy atom. The highest BCUT2D eigenvalue weighted by Gasteiger charge is 2.59. The van der Waals surface area contributed by atoms with Crippen LogP contribution in [-0.2, 0) is 4.79 Å². The van der Waals surface area contributed by atoms with Crippen LogP contribution in [0.1, 0.15) is 29.6 Å². The Labute approximate surface area is 127 Å². The van der Waals surface area contributed by atoms with Gasteiger partial charge in [0.15, 0.2) is 0 Å². The summed E-state index contributed by atoms with van der Waals surface area (Å²) in [5, 5.41) is 9.11. The summed E-state index contributed by atoms with van der Waals surface area (Å²) < 4.78 is 1.83.